The van der Waals surface area contributed by atoms with Gasteiger partial charge in [-0.1, -0.05) is 19.1 Å². The molecule has 2 unspecified atom stereocenters. The normalized spacial score (nSPS) is 13.8. The molecule has 4 nitrogen and oxygen atoms in total. The number of hydrogen-bond donors (Lipinski definition) is 2. The summed E-state index contributed by atoms with van der Waals surface area (Å²) in [5.41, 5.74) is 1.89. The third-order valence-electron chi connectivity index (χ3n) is 3.26. The molecule has 2 N–H and O–H groups in total. The second-order valence-corrected chi connectivity index (χ2v) is 4.84. The maximum absolute atomic E-state index is 12.4. The zero-order valence-corrected chi connectivity index (χ0v) is 12.3. The fourth-order valence-electron chi connectivity index (χ4n) is 1.95. The third-order valence-corrected chi connectivity index (χ3v) is 3.26. The van der Waals surface area contributed by atoms with Crippen molar-refractivity contribution in [3.63, 3.8) is 0 Å². The first-order chi connectivity index (χ1) is 8.92. The first-order valence-electron chi connectivity index (χ1n) is 6.58. The lowest BCUT2D eigenvalue weighted by Crippen LogP contribution is -2.33. The molecule has 4 heteroatoms. The second kappa shape index (κ2) is 6.57. The van der Waals surface area contributed by atoms with Crippen molar-refractivity contribution in [3.05, 3.63) is 28.8 Å². The van der Waals surface area contributed by atoms with Crippen LogP contribution < -0.4 is 10.1 Å². The van der Waals surface area contributed by atoms with Crippen LogP contribution in [-0.4, -0.2) is 24.2 Å². The number of carbonyl (C=O) groups excluding carboxylic acids is 1. The fourth-order valence-corrected chi connectivity index (χ4v) is 1.95. The van der Waals surface area contributed by atoms with E-state index >= 15 is 0 Å². The Bertz CT molecular complexity index is 455. The summed E-state index contributed by atoms with van der Waals surface area (Å²) in [6, 6.07) is 3.70. The summed E-state index contributed by atoms with van der Waals surface area (Å²) in [6.07, 6.45) is 0.136. The zero-order valence-electron chi connectivity index (χ0n) is 12.3. The van der Waals surface area contributed by atoms with E-state index in [9.17, 15) is 9.90 Å². The van der Waals surface area contributed by atoms with Crippen molar-refractivity contribution in [2.24, 2.45) is 0 Å². The number of hydrogen-bond acceptors (Lipinski definition) is 3. The van der Waals surface area contributed by atoms with Gasteiger partial charge >= 0.3 is 0 Å². The van der Waals surface area contributed by atoms with Crippen LogP contribution >= 0.6 is 0 Å². The first-order valence-corrected chi connectivity index (χ1v) is 6.58. The van der Waals surface area contributed by atoms with Gasteiger partial charge in [0, 0.05) is 6.04 Å². The number of nitrogens with one attached hydrogen (secondary N) is 1. The van der Waals surface area contributed by atoms with Crippen molar-refractivity contribution in [1.82, 2.24) is 5.32 Å². The quantitative estimate of drug-likeness (QED) is 0.860. The van der Waals surface area contributed by atoms with Crippen LogP contribution in [0.3, 0.4) is 0 Å². The monoisotopic (exact) mass is 265 g/mol. The van der Waals surface area contributed by atoms with Crippen LogP contribution in [0.25, 0.3) is 0 Å². The van der Waals surface area contributed by atoms with E-state index in [0.29, 0.717) is 16.9 Å². The number of benzene rings is 1. The highest BCUT2D eigenvalue weighted by Gasteiger charge is 2.22. The van der Waals surface area contributed by atoms with Gasteiger partial charge in [-0.25, -0.2) is 0 Å². The number of carbonyl (C=O) groups is 1. The number of amides is 1. The molecule has 0 heterocycles. The van der Waals surface area contributed by atoms with Crippen molar-refractivity contribution in [1.29, 1.82) is 0 Å². The van der Waals surface area contributed by atoms with Gasteiger partial charge in [0.1, 0.15) is 5.75 Å². The zero-order chi connectivity index (χ0) is 14.6. The number of aryl methyl sites for hydroxylation is 1. The van der Waals surface area contributed by atoms with Gasteiger partial charge in [-0.3, -0.25) is 4.79 Å². The first kappa shape index (κ1) is 15.5. The van der Waals surface area contributed by atoms with E-state index in [-0.39, 0.29) is 11.9 Å². The Hall–Kier alpha value is -1.55. The van der Waals surface area contributed by atoms with Gasteiger partial charge in [-0.15, -0.1) is 0 Å². The standard InChI is InChI=1S/C15H23NO3/c1-6-10(3)16-15(18)13-12(11(4)17)8-7-9(2)14(13)19-5/h7-8,10-11,17H,6H2,1-5H3,(H,16,18). The van der Waals surface area contributed by atoms with Gasteiger partial charge in [0.05, 0.1) is 18.8 Å². The summed E-state index contributed by atoms with van der Waals surface area (Å²) in [7, 11) is 1.54. The predicted octanol–water partition coefficient (Wildman–Crippen LogP) is 2.59. The number of methoxy groups -OCH3 is 1. The van der Waals surface area contributed by atoms with Gasteiger partial charge in [0.15, 0.2) is 0 Å². The minimum atomic E-state index is -0.716. The number of aliphatic hydroxyl groups excluding tert-OH is 1. The number of rotatable bonds is 5. The lowest BCUT2D eigenvalue weighted by atomic mass is 9.98. The molecule has 2 atom stereocenters. The summed E-state index contributed by atoms with van der Waals surface area (Å²) in [5, 5.41) is 12.7. The van der Waals surface area contributed by atoms with E-state index in [0.717, 1.165) is 12.0 Å². The van der Waals surface area contributed by atoms with Crippen molar-refractivity contribution >= 4 is 5.91 Å². The predicted molar refractivity (Wildman–Crippen MR) is 75.6 cm³/mol. The molecule has 0 aliphatic carbocycles. The fraction of sp³-hybridized carbons (Fsp3) is 0.533. The molecule has 1 rings (SSSR count). The van der Waals surface area contributed by atoms with E-state index in [1.165, 1.54) is 7.11 Å². The molecule has 19 heavy (non-hydrogen) atoms. The molecule has 0 saturated carbocycles. The average molecular weight is 265 g/mol. The van der Waals surface area contributed by atoms with Crippen molar-refractivity contribution in [3.8, 4) is 5.75 Å². The Kier molecular flexibility index (Phi) is 5.36. The molecule has 1 amide bonds. The molecule has 0 bridgehead atoms. The number of ether oxygens (including phenoxy) is 1. The van der Waals surface area contributed by atoms with Crippen molar-refractivity contribution in [2.45, 2.75) is 46.3 Å². The topological polar surface area (TPSA) is 58.6 Å². The minimum absolute atomic E-state index is 0.0829. The largest absolute Gasteiger partial charge is 0.496 e. The van der Waals surface area contributed by atoms with Crippen LogP contribution in [0.4, 0.5) is 0 Å². The summed E-state index contributed by atoms with van der Waals surface area (Å²) in [4.78, 5) is 12.4. The SMILES string of the molecule is CCC(C)NC(=O)c1c(C(C)O)ccc(C)c1OC. The van der Waals surface area contributed by atoms with Gasteiger partial charge in [0.25, 0.3) is 5.91 Å². The lowest BCUT2D eigenvalue weighted by molar-refractivity contribution is 0.0929. The number of aliphatic hydroxyl groups is 1. The molecular formula is C15H23NO3. The Morgan fingerprint density at radius 1 is 1.42 bits per heavy atom. The van der Waals surface area contributed by atoms with Gasteiger partial charge in [0.2, 0.25) is 0 Å². The van der Waals surface area contributed by atoms with Crippen molar-refractivity contribution < 1.29 is 14.6 Å². The molecular weight excluding hydrogens is 242 g/mol. The van der Waals surface area contributed by atoms with Crippen LogP contribution in [0.2, 0.25) is 0 Å². The molecule has 0 aliphatic heterocycles. The van der Waals surface area contributed by atoms with Crippen LogP contribution in [0, 0.1) is 6.92 Å². The summed E-state index contributed by atoms with van der Waals surface area (Å²) in [6.45, 7) is 7.48. The van der Waals surface area contributed by atoms with Crippen LogP contribution in [0.1, 0.15) is 54.8 Å². The van der Waals surface area contributed by atoms with E-state index < -0.39 is 6.10 Å². The van der Waals surface area contributed by atoms with Gasteiger partial charge in [-0.2, -0.15) is 0 Å². The molecule has 0 fully saturated rings. The molecule has 0 aromatic heterocycles. The van der Waals surface area contributed by atoms with Gasteiger partial charge in [-0.05, 0) is 38.3 Å². The molecule has 0 aliphatic rings. The molecule has 0 radical (unpaired) electrons. The minimum Gasteiger partial charge on any atom is -0.496 e. The Morgan fingerprint density at radius 2 is 2.05 bits per heavy atom. The highest BCUT2D eigenvalue weighted by Crippen LogP contribution is 2.30. The van der Waals surface area contributed by atoms with Crippen LogP contribution in [-0.2, 0) is 0 Å². The van der Waals surface area contributed by atoms with Crippen LogP contribution in [0.15, 0.2) is 12.1 Å². The van der Waals surface area contributed by atoms with E-state index in [1.807, 2.05) is 26.8 Å². The second-order valence-electron chi connectivity index (χ2n) is 4.84. The van der Waals surface area contributed by atoms with Crippen LogP contribution in [0.5, 0.6) is 5.75 Å². The molecule has 0 saturated heterocycles. The Labute approximate surface area is 114 Å². The third kappa shape index (κ3) is 3.47. The smallest absolute Gasteiger partial charge is 0.255 e. The summed E-state index contributed by atoms with van der Waals surface area (Å²) in [5.74, 6) is 0.324. The molecule has 0 spiro atoms. The molecule has 1 aromatic rings. The van der Waals surface area contributed by atoms with E-state index in [1.54, 1.807) is 13.0 Å². The van der Waals surface area contributed by atoms with E-state index in [4.69, 9.17) is 4.74 Å². The van der Waals surface area contributed by atoms with Gasteiger partial charge < -0.3 is 15.2 Å². The van der Waals surface area contributed by atoms with Crippen molar-refractivity contribution in [2.75, 3.05) is 7.11 Å². The Morgan fingerprint density at radius 3 is 2.53 bits per heavy atom. The summed E-state index contributed by atoms with van der Waals surface area (Å²) >= 11 is 0. The van der Waals surface area contributed by atoms with E-state index in [2.05, 4.69) is 5.32 Å². The maximum Gasteiger partial charge on any atom is 0.255 e. The molecule has 106 valence electrons. The lowest BCUT2D eigenvalue weighted by Gasteiger charge is -2.19. The average Bonchev–Trinajstić information content (AvgIpc) is 2.37. The highest BCUT2D eigenvalue weighted by atomic mass is 16.5. The summed E-state index contributed by atoms with van der Waals surface area (Å²) < 4.78 is 5.33. The molecule has 1 aromatic carbocycles. The Balaban J connectivity index is 3.28. The maximum atomic E-state index is 12.4. The highest BCUT2D eigenvalue weighted by molar-refractivity contribution is 5.99.